The summed E-state index contributed by atoms with van der Waals surface area (Å²) >= 11 is 0. The third-order valence-electron chi connectivity index (χ3n) is 3.21. The quantitative estimate of drug-likeness (QED) is 0.860. The highest BCUT2D eigenvalue weighted by Crippen LogP contribution is 2.25. The summed E-state index contributed by atoms with van der Waals surface area (Å²) in [6.07, 6.45) is 4.18. The van der Waals surface area contributed by atoms with Crippen LogP contribution in [0.4, 0.5) is 0 Å². The summed E-state index contributed by atoms with van der Waals surface area (Å²) in [5.41, 5.74) is -0.211. The lowest BCUT2D eigenvalue weighted by Crippen LogP contribution is -2.32. The van der Waals surface area contributed by atoms with Crippen LogP contribution in [0.2, 0.25) is 0 Å². The molecule has 0 spiro atoms. The lowest BCUT2D eigenvalue weighted by atomic mass is 9.84. The van der Waals surface area contributed by atoms with Crippen molar-refractivity contribution >= 4 is 9.84 Å². The van der Waals surface area contributed by atoms with Crippen molar-refractivity contribution in [2.24, 2.45) is 5.41 Å². The lowest BCUT2D eigenvalue weighted by molar-refractivity contribution is 0.0306. The van der Waals surface area contributed by atoms with E-state index in [1.807, 2.05) is 20.8 Å². The van der Waals surface area contributed by atoms with Crippen molar-refractivity contribution in [1.29, 1.82) is 0 Å². The highest BCUT2D eigenvalue weighted by atomic mass is 32.2. The average molecular weight is 260 g/mol. The zero-order valence-corrected chi connectivity index (χ0v) is 11.5. The second-order valence-corrected chi connectivity index (χ2v) is 7.04. The van der Waals surface area contributed by atoms with Crippen molar-refractivity contribution in [2.75, 3.05) is 6.26 Å². The Morgan fingerprint density at radius 2 is 2.12 bits per heavy atom. The smallest absolute Gasteiger partial charge is 0.178 e. The summed E-state index contributed by atoms with van der Waals surface area (Å²) in [6.45, 7) is 6.25. The third kappa shape index (κ3) is 3.54. The van der Waals surface area contributed by atoms with Gasteiger partial charge in [0.05, 0.1) is 18.8 Å². The Morgan fingerprint density at radius 1 is 1.53 bits per heavy atom. The number of sulfone groups is 1. The van der Waals surface area contributed by atoms with Gasteiger partial charge < -0.3 is 5.11 Å². The second kappa shape index (κ2) is 4.78. The normalized spacial score (nSPS) is 14.9. The largest absolute Gasteiger partial charge is 0.391 e. The molecule has 98 valence electrons. The van der Waals surface area contributed by atoms with Crippen molar-refractivity contribution in [2.45, 2.75) is 44.7 Å². The van der Waals surface area contributed by atoms with E-state index < -0.39 is 15.9 Å². The van der Waals surface area contributed by atoms with Crippen LogP contribution in [0.25, 0.3) is 0 Å². The molecule has 0 aliphatic heterocycles. The molecule has 0 saturated heterocycles. The minimum atomic E-state index is -3.22. The summed E-state index contributed by atoms with van der Waals surface area (Å²) in [6, 6.07) is 0. The molecule has 1 rings (SSSR count). The second-order valence-electron chi connectivity index (χ2n) is 5.03. The standard InChI is InChI=1S/C11H20N2O3S/c1-5-11(2,3)10(14)8-13-7-9(6-12-13)17(4,15)16/h6-7,10,14H,5,8H2,1-4H3. The first-order chi connectivity index (χ1) is 7.66. The molecule has 1 unspecified atom stereocenters. The number of aliphatic hydroxyl groups is 1. The van der Waals surface area contributed by atoms with E-state index in [4.69, 9.17) is 0 Å². The van der Waals surface area contributed by atoms with E-state index in [1.54, 1.807) is 0 Å². The Balaban J connectivity index is 2.81. The van der Waals surface area contributed by atoms with Gasteiger partial charge in [-0.3, -0.25) is 4.68 Å². The van der Waals surface area contributed by atoms with Gasteiger partial charge in [-0.2, -0.15) is 5.10 Å². The molecule has 0 fully saturated rings. The first-order valence-electron chi connectivity index (χ1n) is 5.57. The van der Waals surface area contributed by atoms with E-state index in [2.05, 4.69) is 5.10 Å². The van der Waals surface area contributed by atoms with E-state index >= 15 is 0 Å². The molecule has 1 heterocycles. The molecule has 5 nitrogen and oxygen atoms in total. The van der Waals surface area contributed by atoms with E-state index in [1.165, 1.54) is 17.1 Å². The molecule has 17 heavy (non-hydrogen) atoms. The molecule has 0 saturated carbocycles. The van der Waals surface area contributed by atoms with Crippen LogP contribution in [0.15, 0.2) is 17.3 Å². The molecule has 1 aromatic heterocycles. The van der Waals surface area contributed by atoms with Crippen LogP contribution >= 0.6 is 0 Å². The van der Waals surface area contributed by atoms with Gasteiger partial charge >= 0.3 is 0 Å². The van der Waals surface area contributed by atoms with Gasteiger partial charge in [0.2, 0.25) is 0 Å². The van der Waals surface area contributed by atoms with E-state index in [0.29, 0.717) is 6.54 Å². The molecule has 0 aromatic carbocycles. The van der Waals surface area contributed by atoms with E-state index in [-0.39, 0.29) is 10.3 Å². The number of nitrogens with zero attached hydrogens (tertiary/aromatic N) is 2. The van der Waals surface area contributed by atoms with Crippen LogP contribution in [-0.4, -0.2) is 35.7 Å². The van der Waals surface area contributed by atoms with Crippen molar-refractivity contribution in [1.82, 2.24) is 9.78 Å². The van der Waals surface area contributed by atoms with Crippen LogP contribution < -0.4 is 0 Å². The third-order valence-corrected chi connectivity index (χ3v) is 4.28. The molecule has 1 aromatic rings. The minimum absolute atomic E-state index is 0.180. The molecular weight excluding hydrogens is 240 g/mol. The van der Waals surface area contributed by atoms with Gasteiger partial charge in [-0.1, -0.05) is 20.8 Å². The predicted octanol–water partition coefficient (Wildman–Crippen LogP) is 1.08. The highest BCUT2D eigenvalue weighted by molar-refractivity contribution is 7.90. The SMILES string of the molecule is CCC(C)(C)C(O)Cn1cc(S(C)(=O)=O)cn1. The summed E-state index contributed by atoms with van der Waals surface area (Å²) in [7, 11) is -3.22. The van der Waals surface area contributed by atoms with Gasteiger partial charge in [0, 0.05) is 12.5 Å². The Labute approximate surface area is 102 Å². The first-order valence-corrected chi connectivity index (χ1v) is 7.46. The monoisotopic (exact) mass is 260 g/mol. The van der Waals surface area contributed by atoms with Crippen molar-refractivity contribution in [3.8, 4) is 0 Å². The Morgan fingerprint density at radius 3 is 2.53 bits per heavy atom. The van der Waals surface area contributed by atoms with Crippen molar-refractivity contribution in [3.05, 3.63) is 12.4 Å². The maximum atomic E-state index is 11.3. The molecule has 6 heteroatoms. The fraction of sp³-hybridized carbons (Fsp3) is 0.727. The lowest BCUT2D eigenvalue weighted by Gasteiger charge is -2.29. The first kappa shape index (κ1) is 14.2. The molecule has 0 aliphatic rings. The fourth-order valence-corrected chi connectivity index (χ4v) is 1.85. The van der Waals surface area contributed by atoms with Gasteiger partial charge in [-0.15, -0.1) is 0 Å². The summed E-state index contributed by atoms with van der Waals surface area (Å²) in [4.78, 5) is 0.180. The molecule has 0 amide bonds. The topological polar surface area (TPSA) is 72.2 Å². The molecule has 0 bridgehead atoms. The number of hydrogen-bond donors (Lipinski definition) is 1. The predicted molar refractivity (Wildman–Crippen MR) is 65.4 cm³/mol. The van der Waals surface area contributed by atoms with Crippen LogP contribution in [0.5, 0.6) is 0 Å². The summed E-state index contributed by atoms with van der Waals surface area (Å²) < 4.78 is 24.0. The van der Waals surface area contributed by atoms with Crippen LogP contribution in [0.1, 0.15) is 27.2 Å². The Bertz CT molecular complexity index is 477. The van der Waals surface area contributed by atoms with Crippen LogP contribution in [-0.2, 0) is 16.4 Å². The van der Waals surface area contributed by atoms with Crippen molar-refractivity contribution in [3.63, 3.8) is 0 Å². The number of aromatic nitrogens is 2. The maximum absolute atomic E-state index is 11.3. The molecule has 0 radical (unpaired) electrons. The molecule has 1 N–H and O–H groups in total. The van der Waals surface area contributed by atoms with Crippen LogP contribution in [0, 0.1) is 5.41 Å². The van der Waals surface area contributed by atoms with Crippen LogP contribution in [0.3, 0.4) is 0 Å². The summed E-state index contributed by atoms with van der Waals surface area (Å²) in [5, 5.41) is 14.0. The average Bonchev–Trinajstić information content (AvgIpc) is 2.65. The number of rotatable bonds is 5. The maximum Gasteiger partial charge on any atom is 0.178 e. The molecule has 0 aliphatic carbocycles. The molecule has 1 atom stereocenters. The van der Waals surface area contributed by atoms with E-state index in [9.17, 15) is 13.5 Å². The van der Waals surface area contributed by atoms with Crippen molar-refractivity contribution < 1.29 is 13.5 Å². The van der Waals surface area contributed by atoms with Gasteiger partial charge in [-0.25, -0.2) is 8.42 Å². The zero-order chi connectivity index (χ0) is 13.3. The Hall–Kier alpha value is -0.880. The fourth-order valence-electron chi connectivity index (χ4n) is 1.30. The highest BCUT2D eigenvalue weighted by Gasteiger charge is 2.26. The number of aliphatic hydroxyl groups excluding tert-OH is 1. The van der Waals surface area contributed by atoms with Gasteiger partial charge in [-0.05, 0) is 11.8 Å². The Kier molecular flexibility index (Phi) is 3.99. The van der Waals surface area contributed by atoms with E-state index in [0.717, 1.165) is 12.7 Å². The van der Waals surface area contributed by atoms with Gasteiger partial charge in [0.25, 0.3) is 0 Å². The zero-order valence-electron chi connectivity index (χ0n) is 10.7. The summed E-state index contributed by atoms with van der Waals surface area (Å²) in [5.74, 6) is 0. The van der Waals surface area contributed by atoms with Gasteiger partial charge in [0.15, 0.2) is 9.84 Å². The minimum Gasteiger partial charge on any atom is -0.391 e. The van der Waals surface area contributed by atoms with Gasteiger partial charge in [0.1, 0.15) is 4.90 Å². The molecular formula is C11H20N2O3S. The number of hydrogen-bond acceptors (Lipinski definition) is 4.